The average molecular weight is 293 g/mol. The van der Waals surface area contributed by atoms with Crippen LogP contribution in [0.15, 0.2) is 0 Å². The first-order valence-corrected chi connectivity index (χ1v) is 8.39. The van der Waals surface area contributed by atoms with E-state index < -0.39 is 6.10 Å². The first kappa shape index (κ1) is 14.9. The maximum atomic E-state index is 12.4. The summed E-state index contributed by atoms with van der Waals surface area (Å²) in [5, 5.41) is 3.25. The van der Waals surface area contributed by atoms with E-state index in [0.717, 1.165) is 37.0 Å². The van der Waals surface area contributed by atoms with Crippen molar-refractivity contribution in [2.24, 2.45) is 23.7 Å². The number of rotatable bonds is 4. The van der Waals surface area contributed by atoms with Crippen LogP contribution in [0.3, 0.4) is 0 Å². The standard InChI is InChI=1S/C17H27NO3/c1-10(2)16(20)21-11(3)15(19)18-17-7-12-4-13(8-17)6-14(5-12)9-17/h10-14H,4-9H2,1-3H3,(H,18,19)/t11-,12?,13?,14?,17?/m1/s1. The van der Waals surface area contributed by atoms with Crippen molar-refractivity contribution in [1.29, 1.82) is 0 Å². The summed E-state index contributed by atoms with van der Waals surface area (Å²) in [5.74, 6) is 1.77. The molecule has 0 unspecified atom stereocenters. The van der Waals surface area contributed by atoms with Crippen LogP contribution >= 0.6 is 0 Å². The van der Waals surface area contributed by atoms with Gasteiger partial charge in [-0.2, -0.15) is 0 Å². The highest BCUT2D eigenvalue weighted by Crippen LogP contribution is 2.55. The molecule has 0 saturated heterocycles. The van der Waals surface area contributed by atoms with Crippen molar-refractivity contribution in [3.8, 4) is 0 Å². The molecular weight excluding hydrogens is 266 g/mol. The van der Waals surface area contributed by atoms with Crippen molar-refractivity contribution in [1.82, 2.24) is 5.32 Å². The van der Waals surface area contributed by atoms with Gasteiger partial charge in [-0.25, -0.2) is 0 Å². The summed E-state index contributed by atoms with van der Waals surface area (Å²) in [7, 11) is 0. The van der Waals surface area contributed by atoms with Crippen LogP contribution in [0.4, 0.5) is 0 Å². The first-order chi connectivity index (χ1) is 9.87. The third-order valence-electron chi connectivity index (χ3n) is 5.56. The maximum Gasteiger partial charge on any atom is 0.309 e. The average Bonchev–Trinajstić information content (AvgIpc) is 2.35. The fourth-order valence-electron chi connectivity index (χ4n) is 4.99. The van der Waals surface area contributed by atoms with E-state index >= 15 is 0 Å². The molecular formula is C17H27NO3. The molecule has 0 aromatic rings. The highest BCUT2D eigenvalue weighted by molar-refractivity contribution is 5.84. The quantitative estimate of drug-likeness (QED) is 0.811. The maximum absolute atomic E-state index is 12.4. The highest BCUT2D eigenvalue weighted by atomic mass is 16.5. The molecule has 4 heteroatoms. The van der Waals surface area contributed by atoms with Crippen LogP contribution in [0.1, 0.15) is 59.3 Å². The second kappa shape index (κ2) is 5.29. The van der Waals surface area contributed by atoms with E-state index in [1.807, 2.05) is 0 Å². The van der Waals surface area contributed by atoms with Gasteiger partial charge in [-0.3, -0.25) is 9.59 Å². The summed E-state index contributed by atoms with van der Waals surface area (Å²) in [6, 6.07) is 0. The smallest absolute Gasteiger partial charge is 0.309 e. The summed E-state index contributed by atoms with van der Waals surface area (Å²) in [6.07, 6.45) is 6.74. The number of ether oxygens (including phenoxy) is 1. The molecule has 0 aliphatic heterocycles. The molecule has 1 amide bonds. The molecule has 0 radical (unpaired) electrons. The van der Waals surface area contributed by atoms with Crippen molar-refractivity contribution in [3.63, 3.8) is 0 Å². The van der Waals surface area contributed by atoms with E-state index in [-0.39, 0.29) is 23.3 Å². The zero-order chi connectivity index (χ0) is 15.2. The summed E-state index contributed by atoms with van der Waals surface area (Å²) in [4.78, 5) is 24.0. The first-order valence-electron chi connectivity index (χ1n) is 8.39. The molecule has 0 aromatic carbocycles. The van der Waals surface area contributed by atoms with Gasteiger partial charge in [0.25, 0.3) is 5.91 Å². The van der Waals surface area contributed by atoms with E-state index in [9.17, 15) is 9.59 Å². The zero-order valence-electron chi connectivity index (χ0n) is 13.4. The second-order valence-electron chi connectivity index (χ2n) is 7.92. The number of esters is 1. The Balaban J connectivity index is 1.61. The van der Waals surface area contributed by atoms with Gasteiger partial charge < -0.3 is 10.1 Å². The van der Waals surface area contributed by atoms with Crippen molar-refractivity contribution in [2.45, 2.75) is 70.9 Å². The van der Waals surface area contributed by atoms with Gasteiger partial charge >= 0.3 is 5.97 Å². The largest absolute Gasteiger partial charge is 0.452 e. The molecule has 4 saturated carbocycles. The Bertz CT molecular complexity index is 408. The molecule has 4 nitrogen and oxygen atoms in total. The Morgan fingerprint density at radius 3 is 1.90 bits per heavy atom. The Morgan fingerprint density at radius 1 is 1.00 bits per heavy atom. The van der Waals surface area contributed by atoms with E-state index in [2.05, 4.69) is 5.32 Å². The minimum Gasteiger partial charge on any atom is -0.452 e. The van der Waals surface area contributed by atoms with Crippen LogP contribution in [0.5, 0.6) is 0 Å². The van der Waals surface area contributed by atoms with E-state index in [1.165, 1.54) is 19.3 Å². The Hall–Kier alpha value is -1.06. The zero-order valence-corrected chi connectivity index (χ0v) is 13.4. The fourth-order valence-corrected chi connectivity index (χ4v) is 4.99. The molecule has 1 N–H and O–H groups in total. The third kappa shape index (κ3) is 2.95. The van der Waals surface area contributed by atoms with Crippen LogP contribution in [0.25, 0.3) is 0 Å². The lowest BCUT2D eigenvalue weighted by atomic mass is 9.53. The minimum absolute atomic E-state index is 0.00959. The monoisotopic (exact) mass is 293 g/mol. The van der Waals surface area contributed by atoms with Crippen LogP contribution in [0, 0.1) is 23.7 Å². The summed E-state index contributed by atoms with van der Waals surface area (Å²) >= 11 is 0. The topological polar surface area (TPSA) is 55.4 Å². The molecule has 4 bridgehead atoms. The van der Waals surface area contributed by atoms with E-state index in [0.29, 0.717) is 0 Å². The molecule has 21 heavy (non-hydrogen) atoms. The van der Waals surface area contributed by atoms with Crippen molar-refractivity contribution in [2.75, 3.05) is 0 Å². The highest BCUT2D eigenvalue weighted by Gasteiger charge is 2.51. The molecule has 4 rings (SSSR count). The Labute approximate surface area is 127 Å². The lowest BCUT2D eigenvalue weighted by molar-refractivity contribution is -0.159. The van der Waals surface area contributed by atoms with Crippen LogP contribution in [-0.2, 0) is 14.3 Å². The van der Waals surface area contributed by atoms with Gasteiger partial charge in [0.15, 0.2) is 6.10 Å². The van der Waals surface area contributed by atoms with Gasteiger partial charge in [0.2, 0.25) is 0 Å². The van der Waals surface area contributed by atoms with Crippen LogP contribution in [-0.4, -0.2) is 23.5 Å². The third-order valence-corrected chi connectivity index (χ3v) is 5.56. The number of carbonyl (C=O) groups is 2. The lowest BCUT2D eigenvalue weighted by Crippen LogP contribution is -2.61. The predicted octanol–water partition coefficient (Wildman–Crippen LogP) is 2.66. The van der Waals surface area contributed by atoms with Gasteiger partial charge in [-0.1, -0.05) is 13.8 Å². The number of hydrogen-bond acceptors (Lipinski definition) is 3. The fraction of sp³-hybridized carbons (Fsp3) is 0.882. The summed E-state index contributed by atoms with van der Waals surface area (Å²) < 4.78 is 5.24. The Morgan fingerprint density at radius 2 is 1.48 bits per heavy atom. The molecule has 0 spiro atoms. The molecule has 0 aromatic heterocycles. The molecule has 0 heterocycles. The van der Waals surface area contributed by atoms with Crippen molar-refractivity contribution >= 4 is 11.9 Å². The minimum atomic E-state index is -0.687. The SMILES string of the molecule is CC(C)C(=O)O[C@H](C)C(=O)NC12CC3CC(CC(C3)C1)C2. The number of nitrogens with one attached hydrogen (secondary N) is 1. The van der Waals surface area contributed by atoms with Crippen LogP contribution < -0.4 is 5.32 Å². The van der Waals surface area contributed by atoms with Crippen LogP contribution in [0.2, 0.25) is 0 Å². The van der Waals surface area contributed by atoms with Crippen molar-refractivity contribution < 1.29 is 14.3 Å². The number of amides is 1. The number of carbonyl (C=O) groups excluding carboxylic acids is 2. The van der Waals surface area contributed by atoms with Gasteiger partial charge in [0.1, 0.15) is 0 Å². The normalized spacial score (nSPS) is 38.4. The second-order valence-corrected chi connectivity index (χ2v) is 7.92. The lowest BCUT2D eigenvalue weighted by Gasteiger charge is -2.57. The van der Waals surface area contributed by atoms with E-state index in [1.54, 1.807) is 20.8 Å². The van der Waals surface area contributed by atoms with Crippen molar-refractivity contribution in [3.05, 3.63) is 0 Å². The Kier molecular flexibility index (Phi) is 3.74. The molecule has 4 fully saturated rings. The predicted molar refractivity (Wildman–Crippen MR) is 79.4 cm³/mol. The van der Waals surface area contributed by atoms with Gasteiger partial charge in [-0.05, 0) is 63.2 Å². The summed E-state index contributed by atoms with van der Waals surface area (Å²) in [5.41, 5.74) is -0.00959. The number of hydrogen-bond donors (Lipinski definition) is 1. The molecule has 4 aliphatic rings. The van der Waals surface area contributed by atoms with E-state index in [4.69, 9.17) is 4.74 Å². The van der Waals surface area contributed by atoms with Gasteiger partial charge in [-0.15, -0.1) is 0 Å². The summed E-state index contributed by atoms with van der Waals surface area (Å²) in [6.45, 7) is 5.24. The molecule has 1 atom stereocenters. The van der Waals surface area contributed by atoms with Gasteiger partial charge in [0.05, 0.1) is 5.92 Å². The molecule has 4 aliphatic carbocycles. The van der Waals surface area contributed by atoms with Gasteiger partial charge in [0, 0.05) is 5.54 Å². The molecule has 118 valence electrons.